The lowest BCUT2D eigenvalue weighted by molar-refractivity contribution is 0.627. The Morgan fingerprint density at radius 2 is 1.34 bits per heavy atom. The van der Waals surface area contributed by atoms with E-state index in [2.05, 4.69) is 15.1 Å². The van der Waals surface area contributed by atoms with Gasteiger partial charge in [-0.1, -0.05) is 72.8 Å². The second-order valence-corrected chi connectivity index (χ2v) is 6.49. The largest absolute Gasteiger partial charge is 0.247 e. The number of rotatable bonds is 5. The summed E-state index contributed by atoms with van der Waals surface area (Å²) in [4.78, 5) is 9.37. The molecule has 0 atom stereocenters. The van der Waals surface area contributed by atoms with Gasteiger partial charge in [0.25, 0.3) is 0 Å². The van der Waals surface area contributed by atoms with Crippen molar-refractivity contribution in [2.75, 3.05) is 12.1 Å². The van der Waals surface area contributed by atoms with E-state index < -0.39 is 0 Å². The summed E-state index contributed by atoms with van der Waals surface area (Å²) in [5.41, 5.74) is 4.27. The molecule has 0 saturated carbocycles. The molecule has 0 amide bonds. The fourth-order valence-electron chi connectivity index (χ4n) is 2.88. The molecule has 29 heavy (non-hydrogen) atoms. The molecule has 0 radical (unpaired) electrons. The second-order valence-electron chi connectivity index (χ2n) is 6.49. The molecule has 142 valence electrons. The maximum Gasteiger partial charge on any atom is 0.247 e. The molecular formula is C24H19FN4. The Labute approximate surface area is 169 Å². The highest BCUT2D eigenvalue weighted by atomic mass is 19.1. The SMILES string of the molecule is CN(N=Cc1cccc(F)c1)c1nc(-c2ccccc2)cc(-c2ccccc2)n1. The van der Waals surface area contributed by atoms with E-state index in [1.807, 2.05) is 66.7 Å². The summed E-state index contributed by atoms with van der Waals surface area (Å²) in [7, 11) is 1.77. The van der Waals surface area contributed by atoms with E-state index in [9.17, 15) is 4.39 Å². The van der Waals surface area contributed by atoms with Gasteiger partial charge >= 0.3 is 0 Å². The van der Waals surface area contributed by atoms with E-state index in [-0.39, 0.29) is 5.82 Å². The number of hydrogen-bond donors (Lipinski definition) is 0. The highest BCUT2D eigenvalue weighted by Crippen LogP contribution is 2.26. The van der Waals surface area contributed by atoms with Crippen LogP contribution in [0.2, 0.25) is 0 Å². The van der Waals surface area contributed by atoms with Crippen molar-refractivity contribution in [1.29, 1.82) is 0 Å². The van der Waals surface area contributed by atoms with Crippen LogP contribution in [0.5, 0.6) is 0 Å². The fourth-order valence-corrected chi connectivity index (χ4v) is 2.88. The molecule has 0 aliphatic carbocycles. The minimum Gasteiger partial charge on any atom is -0.235 e. The summed E-state index contributed by atoms with van der Waals surface area (Å²) >= 11 is 0. The third-order valence-corrected chi connectivity index (χ3v) is 4.37. The van der Waals surface area contributed by atoms with Crippen molar-refractivity contribution in [2.45, 2.75) is 0 Å². The standard InChI is InChI=1S/C24H19FN4/c1-29(26-17-18-9-8-14-21(25)15-18)24-27-22(19-10-4-2-5-11-19)16-23(28-24)20-12-6-3-7-13-20/h2-17H,1H3. The number of hydrazone groups is 1. The van der Waals surface area contributed by atoms with Gasteiger partial charge in [-0.2, -0.15) is 5.10 Å². The zero-order valence-electron chi connectivity index (χ0n) is 15.9. The van der Waals surface area contributed by atoms with Crippen LogP contribution in [0.4, 0.5) is 10.3 Å². The average molecular weight is 382 g/mol. The summed E-state index contributed by atoms with van der Waals surface area (Å²) < 4.78 is 13.4. The van der Waals surface area contributed by atoms with Crippen LogP contribution in [0.1, 0.15) is 5.56 Å². The average Bonchev–Trinajstić information content (AvgIpc) is 2.78. The Morgan fingerprint density at radius 1 is 0.759 bits per heavy atom. The smallest absolute Gasteiger partial charge is 0.235 e. The summed E-state index contributed by atoms with van der Waals surface area (Å²) in [5, 5.41) is 5.98. The van der Waals surface area contributed by atoms with E-state index in [1.165, 1.54) is 12.1 Å². The minimum atomic E-state index is -0.301. The third kappa shape index (κ3) is 4.52. The topological polar surface area (TPSA) is 41.4 Å². The molecule has 0 N–H and O–H groups in total. The van der Waals surface area contributed by atoms with E-state index in [0.29, 0.717) is 11.5 Å². The van der Waals surface area contributed by atoms with Crippen LogP contribution >= 0.6 is 0 Å². The zero-order valence-corrected chi connectivity index (χ0v) is 15.9. The van der Waals surface area contributed by atoms with Crippen molar-refractivity contribution in [3.63, 3.8) is 0 Å². The zero-order chi connectivity index (χ0) is 20.1. The van der Waals surface area contributed by atoms with Crippen molar-refractivity contribution in [3.8, 4) is 22.5 Å². The van der Waals surface area contributed by atoms with Gasteiger partial charge in [0.15, 0.2) is 0 Å². The van der Waals surface area contributed by atoms with Crippen LogP contribution in [0.25, 0.3) is 22.5 Å². The maximum atomic E-state index is 13.4. The van der Waals surface area contributed by atoms with Gasteiger partial charge in [-0.3, -0.25) is 0 Å². The van der Waals surface area contributed by atoms with Gasteiger partial charge in [0, 0.05) is 18.2 Å². The second kappa shape index (κ2) is 8.44. The first-order valence-corrected chi connectivity index (χ1v) is 9.22. The van der Waals surface area contributed by atoms with Gasteiger partial charge < -0.3 is 0 Å². The summed E-state index contributed by atoms with van der Waals surface area (Å²) in [6.45, 7) is 0. The Hall–Kier alpha value is -3.86. The fraction of sp³-hybridized carbons (Fsp3) is 0.0417. The van der Waals surface area contributed by atoms with E-state index in [0.717, 1.165) is 22.5 Å². The minimum absolute atomic E-state index is 0.301. The summed E-state index contributed by atoms with van der Waals surface area (Å²) in [6.07, 6.45) is 1.59. The van der Waals surface area contributed by atoms with Crippen LogP contribution in [0.15, 0.2) is 96.1 Å². The Balaban J connectivity index is 1.73. The highest BCUT2D eigenvalue weighted by molar-refractivity contribution is 5.80. The Morgan fingerprint density at radius 3 is 1.90 bits per heavy atom. The van der Waals surface area contributed by atoms with E-state index in [1.54, 1.807) is 30.4 Å². The number of hydrogen-bond acceptors (Lipinski definition) is 4. The van der Waals surface area contributed by atoms with Crippen LogP contribution in [-0.2, 0) is 0 Å². The molecule has 1 heterocycles. The first-order chi connectivity index (χ1) is 14.2. The molecule has 0 unspecified atom stereocenters. The van der Waals surface area contributed by atoms with Gasteiger partial charge in [-0.25, -0.2) is 19.4 Å². The molecule has 0 aliphatic rings. The monoisotopic (exact) mass is 382 g/mol. The van der Waals surface area contributed by atoms with Crippen molar-refractivity contribution < 1.29 is 4.39 Å². The van der Waals surface area contributed by atoms with E-state index >= 15 is 0 Å². The predicted molar refractivity (Wildman–Crippen MR) is 115 cm³/mol. The van der Waals surface area contributed by atoms with Gasteiger partial charge in [0.05, 0.1) is 17.6 Å². The lowest BCUT2D eigenvalue weighted by atomic mass is 10.1. The molecular weight excluding hydrogens is 363 g/mol. The Kier molecular flexibility index (Phi) is 5.38. The molecule has 4 nitrogen and oxygen atoms in total. The van der Waals surface area contributed by atoms with Crippen molar-refractivity contribution in [2.24, 2.45) is 5.10 Å². The van der Waals surface area contributed by atoms with Gasteiger partial charge in [-0.05, 0) is 23.8 Å². The van der Waals surface area contributed by atoms with Crippen LogP contribution < -0.4 is 5.01 Å². The lowest BCUT2D eigenvalue weighted by Crippen LogP contribution is -2.13. The number of anilines is 1. The van der Waals surface area contributed by atoms with Crippen molar-refractivity contribution >= 4 is 12.2 Å². The molecule has 4 aromatic rings. The molecule has 3 aromatic carbocycles. The summed E-state index contributed by atoms with van der Waals surface area (Å²) in [6, 6.07) is 28.1. The number of aromatic nitrogens is 2. The van der Waals surface area contributed by atoms with Gasteiger partial charge in [0.2, 0.25) is 5.95 Å². The third-order valence-electron chi connectivity index (χ3n) is 4.37. The first-order valence-electron chi connectivity index (χ1n) is 9.22. The normalized spacial score (nSPS) is 11.0. The molecule has 0 bridgehead atoms. The highest BCUT2D eigenvalue weighted by Gasteiger charge is 2.11. The molecule has 4 rings (SSSR count). The van der Waals surface area contributed by atoms with Crippen LogP contribution in [0, 0.1) is 5.82 Å². The maximum absolute atomic E-state index is 13.4. The van der Waals surface area contributed by atoms with Crippen LogP contribution in [0.3, 0.4) is 0 Å². The van der Waals surface area contributed by atoms with Gasteiger partial charge in [0.1, 0.15) is 5.82 Å². The van der Waals surface area contributed by atoms with Crippen molar-refractivity contribution in [3.05, 3.63) is 102 Å². The predicted octanol–water partition coefficient (Wildman–Crippen LogP) is 5.42. The number of nitrogens with zero attached hydrogens (tertiary/aromatic N) is 4. The molecule has 1 aromatic heterocycles. The Bertz CT molecular complexity index is 1070. The first kappa shape index (κ1) is 18.5. The number of halogens is 1. The molecule has 0 spiro atoms. The molecule has 0 saturated heterocycles. The van der Waals surface area contributed by atoms with E-state index in [4.69, 9.17) is 0 Å². The number of benzene rings is 3. The van der Waals surface area contributed by atoms with Crippen molar-refractivity contribution in [1.82, 2.24) is 9.97 Å². The van der Waals surface area contributed by atoms with Gasteiger partial charge in [-0.15, -0.1) is 0 Å². The molecule has 0 aliphatic heterocycles. The summed E-state index contributed by atoms with van der Waals surface area (Å²) in [5.74, 6) is 0.156. The van der Waals surface area contributed by atoms with Crippen LogP contribution in [-0.4, -0.2) is 23.2 Å². The lowest BCUT2D eigenvalue weighted by Gasteiger charge is -2.14. The quantitative estimate of drug-likeness (QED) is 0.342. The molecule has 0 fully saturated rings. The molecule has 5 heteroatoms.